The van der Waals surface area contributed by atoms with Crippen LogP contribution in [0.25, 0.3) is 0 Å². The first-order valence-electron chi connectivity index (χ1n) is 8.05. The van der Waals surface area contributed by atoms with Gasteiger partial charge in [0.05, 0.1) is 0 Å². The zero-order valence-electron chi connectivity index (χ0n) is 13.6. The molecule has 1 aromatic carbocycles. The molecule has 0 bridgehead atoms. The van der Waals surface area contributed by atoms with Crippen LogP contribution in [0.5, 0.6) is 0 Å². The fraction of sp³-hybridized carbons (Fsp3) is 0.529. The molecule has 1 aliphatic heterocycles. The number of piperidine rings is 1. The van der Waals surface area contributed by atoms with Crippen molar-refractivity contribution in [2.75, 3.05) is 13.1 Å². The Labute approximate surface area is 142 Å². The minimum Gasteiger partial charge on any atom is -0.351 e. The Balaban J connectivity index is 1.98. The van der Waals surface area contributed by atoms with Crippen molar-refractivity contribution in [2.24, 2.45) is 5.92 Å². The topological polar surface area (TPSA) is 70.2 Å². The summed E-state index contributed by atoms with van der Waals surface area (Å²) in [5, 5.41) is 9.72. The number of carbonyl (C=O) groups excluding carboxylic acids is 2. The highest BCUT2D eigenvalue weighted by Gasteiger charge is 2.27. The van der Waals surface area contributed by atoms with E-state index in [1.807, 2.05) is 13.8 Å². The van der Waals surface area contributed by atoms with Crippen molar-refractivity contribution < 1.29 is 9.59 Å². The average molecular weight is 338 g/mol. The number of amides is 2. The molecule has 0 aliphatic carbocycles. The number of nitrogens with one attached hydrogen (secondary N) is 3. The summed E-state index contributed by atoms with van der Waals surface area (Å²) in [6.45, 7) is 5.67. The predicted octanol–water partition coefficient (Wildman–Crippen LogP) is 1.96. The van der Waals surface area contributed by atoms with Crippen LogP contribution in [0.2, 0.25) is 5.02 Å². The summed E-state index contributed by atoms with van der Waals surface area (Å²) in [4.78, 5) is 24.8. The Hall–Kier alpha value is -1.59. The minimum atomic E-state index is -0.548. The smallest absolute Gasteiger partial charge is 0.251 e. The van der Waals surface area contributed by atoms with Crippen molar-refractivity contribution in [1.29, 1.82) is 0 Å². The van der Waals surface area contributed by atoms with Gasteiger partial charge in [-0.2, -0.15) is 0 Å². The Morgan fingerprint density at radius 1 is 1.17 bits per heavy atom. The summed E-state index contributed by atoms with van der Waals surface area (Å²) >= 11 is 5.83. The van der Waals surface area contributed by atoms with Crippen LogP contribution in [0.15, 0.2) is 24.3 Å². The Morgan fingerprint density at radius 3 is 2.35 bits per heavy atom. The molecule has 1 heterocycles. The summed E-state index contributed by atoms with van der Waals surface area (Å²) in [6, 6.07) is 6.26. The zero-order chi connectivity index (χ0) is 16.8. The molecule has 6 heteroatoms. The molecule has 0 saturated carbocycles. The molecule has 5 nitrogen and oxygen atoms in total. The third-order valence-electron chi connectivity index (χ3n) is 4.03. The normalized spacial score (nSPS) is 16.9. The monoisotopic (exact) mass is 337 g/mol. The number of rotatable bonds is 5. The lowest BCUT2D eigenvalue weighted by Gasteiger charge is -2.28. The van der Waals surface area contributed by atoms with E-state index in [1.54, 1.807) is 24.3 Å². The molecular weight excluding hydrogens is 314 g/mol. The quantitative estimate of drug-likeness (QED) is 0.769. The van der Waals surface area contributed by atoms with Crippen LogP contribution in [-0.4, -0.2) is 37.0 Å². The maximum atomic E-state index is 12.5. The maximum Gasteiger partial charge on any atom is 0.251 e. The van der Waals surface area contributed by atoms with Crippen molar-refractivity contribution in [2.45, 2.75) is 38.8 Å². The molecule has 2 rings (SSSR count). The van der Waals surface area contributed by atoms with Gasteiger partial charge in [-0.15, -0.1) is 0 Å². The molecule has 1 aromatic rings. The largest absolute Gasteiger partial charge is 0.351 e. The van der Waals surface area contributed by atoms with Gasteiger partial charge in [0.15, 0.2) is 0 Å². The molecule has 0 aromatic heterocycles. The Bertz CT molecular complexity index is 539. The van der Waals surface area contributed by atoms with Gasteiger partial charge in [0, 0.05) is 16.6 Å². The molecule has 1 atom stereocenters. The standard InChI is InChI=1S/C17H24ClN3O2/c1-11(2)15(17(23)20-14-7-9-19-10-8-14)21-16(22)12-3-5-13(18)6-4-12/h3-6,11,14-15,19H,7-10H2,1-2H3,(H,20,23)(H,21,22). The maximum absolute atomic E-state index is 12.5. The van der Waals surface area contributed by atoms with Crippen molar-refractivity contribution in [3.8, 4) is 0 Å². The number of benzene rings is 1. The van der Waals surface area contributed by atoms with E-state index < -0.39 is 6.04 Å². The van der Waals surface area contributed by atoms with Gasteiger partial charge in [-0.25, -0.2) is 0 Å². The van der Waals surface area contributed by atoms with Crippen LogP contribution >= 0.6 is 11.6 Å². The van der Waals surface area contributed by atoms with Crippen molar-refractivity contribution >= 4 is 23.4 Å². The molecule has 126 valence electrons. The first kappa shape index (κ1) is 17.8. The van der Waals surface area contributed by atoms with Crippen LogP contribution < -0.4 is 16.0 Å². The van der Waals surface area contributed by atoms with Gasteiger partial charge in [-0.1, -0.05) is 25.4 Å². The second-order valence-corrected chi connectivity index (χ2v) is 6.67. The van der Waals surface area contributed by atoms with Gasteiger partial charge in [-0.05, 0) is 56.1 Å². The molecule has 1 unspecified atom stereocenters. The van der Waals surface area contributed by atoms with Gasteiger partial charge in [-0.3, -0.25) is 9.59 Å². The second-order valence-electron chi connectivity index (χ2n) is 6.23. The molecule has 1 aliphatic rings. The first-order valence-corrected chi connectivity index (χ1v) is 8.42. The number of hydrogen-bond acceptors (Lipinski definition) is 3. The van der Waals surface area contributed by atoms with Gasteiger partial charge >= 0.3 is 0 Å². The Morgan fingerprint density at radius 2 is 1.78 bits per heavy atom. The molecule has 23 heavy (non-hydrogen) atoms. The lowest BCUT2D eigenvalue weighted by atomic mass is 10.0. The third-order valence-corrected chi connectivity index (χ3v) is 4.28. The van der Waals surface area contributed by atoms with Crippen molar-refractivity contribution in [3.05, 3.63) is 34.9 Å². The Kier molecular flexibility index (Phi) is 6.42. The average Bonchev–Trinajstić information content (AvgIpc) is 2.53. The molecule has 2 amide bonds. The van der Waals surface area contributed by atoms with E-state index in [2.05, 4.69) is 16.0 Å². The lowest BCUT2D eigenvalue weighted by molar-refractivity contribution is -0.124. The van der Waals surface area contributed by atoms with Gasteiger partial charge in [0.1, 0.15) is 6.04 Å². The van der Waals surface area contributed by atoms with E-state index in [0.29, 0.717) is 10.6 Å². The zero-order valence-corrected chi connectivity index (χ0v) is 14.3. The molecule has 3 N–H and O–H groups in total. The van der Waals surface area contributed by atoms with Crippen LogP contribution in [0.3, 0.4) is 0 Å². The van der Waals surface area contributed by atoms with E-state index in [9.17, 15) is 9.59 Å². The van der Waals surface area contributed by atoms with Crippen molar-refractivity contribution in [3.63, 3.8) is 0 Å². The second kappa shape index (κ2) is 8.31. The summed E-state index contributed by atoms with van der Waals surface area (Å²) in [5.74, 6) is -0.372. The summed E-state index contributed by atoms with van der Waals surface area (Å²) < 4.78 is 0. The van der Waals surface area contributed by atoms with E-state index in [4.69, 9.17) is 11.6 Å². The molecular formula is C17H24ClN3O2. The highest BCUT2D eigenvalue weighted by Crippen LogP contribution is 2.11. The molecule has 1 saturated heterocycles. The van der Waals surface area contributed by atoms with Crippen LogP contribution in [-0.2, 0) is 4.79 Å². The van der Waals surface area contributed by atoms with Crippen LogP contribution in [0.4, 0.5) is 0 Å². The highest BCUT2D eigenvalue weighted by molar-refractivity contribution is 6.30. The fourth-order valence-corrected chi connectivity index (χ4v) is 2.74. The third kappa shape index (κ3) is 5.22. The van der Waals surface area contributed by atoms with Gasteiger partial charge < -0.3 is 16.0 Å². The van der Waals surface area contributed by atoms with Gasteiger partial charge in [0.25, 0.3) is 5.91 Å². The van der Waals surface area contributed by atoms with E-state index in [1.165, 1.54) is 0 Å². The molecule has 0 spiro atoms. The fourth-order valence-electron chi connectivity index (χ4n) is 2.62. The van der Waals surface area contributed by atoms with Crippen LogP contribution in [0.1, 0.15) is 37.0 Å². The van der Waals surface area contributed by atoms with E-state index >= 15 is 0 Å². The first-order chi connectivity index (χ1) is 11.0. The lowest BCUT2D eigenvalue weighted by Crippen LogP contribution is -2.53. The molecule has 1 fully saturated rings. The van der Waals surface area contributed by atoms with E-state index in [0.717, 1.165) is 25.9 Å². The number of hydrogen-bond donors (Lipinski definition) is 3. The van der Waals surface area contributed by atoms with Crippen LogP contribution in [0, 0.1) is 5.92 Å². The number of carbonyl (C=O) groups is 2. The summed E-state index contributed by atoms with van der Waals surface area (Å²) in [5.41, 5.74) is 0.495. The van der Waals surface area contributed by atoms with Gasteiger partial charge in [0.2, 0.25) is 5.91 Å². The SMILES string of the molecule is CC(C)C(NC(=O)c1ccc(Cl)cc1)C(=O)NC1CCNCC1. The summed E-state index contributed by atoms with van der Waals surface area (Å²) in [7, 11) is 0. The predicted molar refractivity (Wildman–Crippen MR) is 91.6 cm³/mol. The van der Waals surface area contributed by atoms with Crippen molar-refractivity contribution in [1.82, 2.24) is 16.0 Å². The summed E-state index contributed by atoms with van der Waals surface area (Å²) in [6.07, 6.45) is 1.84. The molecule has 0 radical (unpaired) electrons. The highest BCUT2D eigenvalue weighted by atomic mass is 35.5. The van der Waals surface area contributed by atoms with E-state index in [-0.39, 0.29) is 23.8 Å². The minimum absolute atomic E-state index is 0.00738. The number of halogens is 1.